The second-order valence-electron chi connectivity index (χ2n) is 2.69. The highest BCUT2D eigenvalue weighted by atomic mass is 19.1. The molecular weight excluding hydrogens is 141 g/mol. The van der Waals surface area contributed by atoms with Gasteiger partial charge in [0.15, 0.2) is 0 Å². The van der Waals surface area contributed by atoms with E-state index in [4.69, 9.17) is 0 Å². The first-order valence-corrected chi connectivity index (χ1v) is 3.50. The maximum absolute atomic E-state index is 12.8. The molecule has 1 nitrogen and oxygen atoms in total. The van der Waals surface area contributed by atoms with Gasteiger partial charge < -0.3 is 4.98 Å². The summed E-state index contributed by atoms with van der Waals surface area (Å²) in [5, 5.41) is 0.663. The van der Waals surface area contributed by atoms with E-state index in [1.54, 1.807) is 6.07 Å². The van der Waals surface area contributed by atoms with E-state index in [1.807, 2.05) is 19.1 Å². The third-order valence-corrected chi connectivity index (χ3v) is 1.79. The molecule has 0 radical (unpaired) electrons. The highest BCUT2D eigenvalue weighted by molar-refractivity contribution is 5.80. The Labute approximate surface area is 63.9 Å². The topological polar surface area (TPSA) is 15.8 Å². The van der Waals surface area contributed by atoms with Crippen LogP contribution in [0, 0.1) is 12.7 Å². The van der Waals surface area contributed by atoms with Crippen LogP contribution >= 0.6 is 0 Å². The molecular formula is C9H8FN. The maximum Gasteiger partial charge on any atom is 0.148 e. The fraction of sp³-hybridized carbons (Fsp3) is 0.111. The van der Waals surface area contributed by atoms with Gasteiger partial charge in [-0.15, -0.1) is 0 Å². The van der Waals surface area contributed by atoms with Crippen molar-refractivity contribution in [3.8, 4) is 0 Å². The van der Waals surface area contributed by atoms with E-state index in [0.29, 0.717) is 5.39 Å². The van der Waals surface area contributed by atoms with Gasteiger partial charge in [-0.1, -0.05) is 6.07 Å². The summed E-state index contributed by atoms with van der Waals surface area (Å²) in [6.45, 7) is 1.98. The van der Waals surface area contributed by atoms with Gasteiger partial charge in [-0.25, -0.2) is 4.39 Å². The maximum atomic E-state index is 12.8. The first-order chi connectivity index (χ1) is 5.27. The van der Waals surface area contributed by atoms with Gasteiger partial charge in [-0.2, -0.15) is 0 Å². The Morgan fingerprint density at radius 3 is 3.00 bits per heavy atom. The summed E-state index contributed by atoms with van der Waals surface area (Å²) in [4.78, 5) is 2.85. The largest absolute Gasteiger partial charge is 0.359 e. The molecule has 0 unspecified atom stereocenters. The normalized spacial score (nSPS) is 10.7. The van der Waals surface area contributed by atoms with E-state index in [1.165, 1.54) is 6.20 Å². The van der Waals surface area contributed by atoms with Crippen LogP contribution in [-0.2, 0) is 0 Å². The van der Waals surface area contributed by atoms with Crippen molar-refractivity contribution in [3.63, 3.8) is 0 Å². The van der Waals surface area contributed by atoms with Gasteiger partial charge in [0.2, 0.25) is 0 Å². The first kappa shape index (κ1) is 6.40. The van der Waals surface area contributed by atoms with Gasteiger partial charge in [-0.05, 0) is 24.6 Å². The lowest BCUT2D eigenvalue weighted by Gasteiger charge is -1.91. The van der Waals surface area contributed by atoms with E-state index in [-0.39, 0.29) is 5.82 Å². The van der Waals surface area contributed by atoms with Crippen molar-refractivity contribution < 1.29 is 4.39 Å². The van der Waals surface area contributed by atoms with Crippen LogP contribution in [0.4, 0.5) is 4.39 Å². The average Bonchev–Trinajstić information content (AvgIpc) is 2.32. The van der Waals surface area contributed by atoms with E-state index in [0.717, 1.165) is 11.1 Å². The summed E-state index contributed by atoms with van der Waals surface area (Å²) in [7, 11) is 0. The summed E-state index contributed by atoms with van der Waals surface area (Å²) in [5.41, 5.74) is 2.00. The number of H-pyrrole nitrogens is 1. The molecule has 2 heteroatoms. The Morgan fingerprint density at radius 2 is 2.18 bits per heavy atom. The molecule has 2 aromatic rings. The molecule has 0 fully saturated rings. The molecule has 0 saturated carbocycles. The molecule has 1 heterocycles. The summed E-state index contributed by atoms with van der Waals surface area (Å²) in [6.07, 6.45) is 1.38. The Morgan fingerprint density at radius 1 is 1.36 bits per heavy atom. The van der Waals surface area contributed by atoms with E-state index in [9.17, 15) is 4.39 Å². The predicted octanol–water partition coefficient (Wildman–Crippen LogP) is 2.62. The number of benzene rings is 1. The third-order valence-electron chi connectivity index (χ3n) is 1.79. The molecule has 1 aromatic carbocycles. The second kappa shape index (κ2) is 2.09. The van der Waals surface area contributed by atoms with Crippen molar-refractivity contribution in [2.24, 2.45) is 0 Å². The number of fused-ring (bicyclic) bond motifs is 1. The minimum absolute atomic E-state index is 0.181. The van der Waals surface area contributed by atoms with Crippen LogP contribution < -0.4 is 0 Å². The Hall–Kier alpha value is -1.31. The molecule has 2 rings (SSSR count). The van der Waals surface area contributed by atoms with Crippen molar-refractivity contribution >= 4 is 10.9 Å². The molecule has 0 aliphatic heterocycles. The highest BCUT2D eigenvalue weighted by Gasteiger charge is 2.00. The Balaban J connectivity index is 2.86. The van der Waals surface area contributed by atoms with Gasteiger partial charge in [0.05, 0.1) is 0 Å². The third kappa shape index (κ3) is 0.909. The number of aromatic amines is 1. The van der Waals surface area contributed by atoms with Crippen LogP contribution in [0.2, 0.25) is 0 Å². The average molecular weight is 149 g/mol. The second-order valence-corrected chi connectivity index (χ2v) is 2.69. The van der Waals surface area contributed by atoms with Gasteiger partial charge in [0, 0.05) is 17.1 Å². The van der Waals surface area contributed by atoms with Crippen molar-refractivity contribution in [2.45, 2.75) is 6.92 Å². The molecule has 0 saturated heterocycles. The van der Waals surface area contributed by atoms with E-state index in [2.05, 4.69) is 4.98 Å². The monoisotopic (exact) mass is 149 g/mol. The molecule has 1 aromatic heterocycles. The lowest BCUT2D eigenvalue weighted by atomic mass is 10.2. The minimum Gasteiger partial charge on any atom is -0.359 e. The standard InChI is InChI=1S/C9H8FN/c1-6-2-3-7-8(10)5-11-9(7)4-6/h2-5,11H,1H3. The summed E-state index contributed by atoms with van der Waals surface area (Å²) >= 11 is 0. The Bertz CT molecular complexity index is 389. The summed E-state index contributed by atoms with van der Waals surface area (Å²) < 4.78 is 12.8. The zero-order valence-corrected chi connectivity index (χ0v) is 6.19. The van der Waals surface area contributed by atoms with Crippen LogP contribution in [0.1, 0.15) is 5.56 Å². The number of aromatic nitrogens is 1. The molecule has 0 atom stereocenters. The molecule has 1 N–H and O–H groups in total. The highest BCUT2D eigenvalue weighted by Crippen LogP contribution is 2.17. The van der Waals surface area contributed by atoms with E-state index >= 15 is 0 Å². The van der Waals surface area contributed by atoms with Crippen LogP contribution in [-0.4, -0.2) is 4.98 Å². The zero-order valence-electron chi connectivity index (χ0n) is 6.19. The van der Waals surface area contributed by atoms with Crippen LogP contribution in [0.15, 0.2) is 24.4 Å². The molecule has 0 aliphatic carbocycles. The molecule has 0 aliphatic rings. The van der Waals surface area contributed by atoms with Crippen LogP contribution in [0.3, 0.4) is 0 Å². The molecule has 56 valence electrons. The number of hydrogen-bond donors (Lipinski definition) is 1. The van der Waals surface area contributed by atoms with Crippen molar-refractivity contribution in [1.29, 1.82) is 0 Å². The fourth-order valence-electron chi connectivity index (χ4n) is 1.20. The van der Waals surface area contributed by atoms with Crippen LogP contribution in [0.25, 0.3) is 10.9 Å². The van der Waals surface area contributed by atoms with Crippen molar-refractivity contribution in [2.75, 3.05) is 0 Å². The zero-order chi connectivity index (χ0) is 7.84. The number of halogens is 1. The van der Waals surface area contributed by atoms with E-state index < -0.39 is 0 Å². The number of rotatable bonds is 0. The lowest BCUT2D eigenvalue weighted by molar-refractivity contribution is 0.639. The number of aryl methyl sites for hydroxylation is 1. The quantitative estimate of drug-likeness (QED) is 0.592. The first-order valence-electron chi connectivity index (χ1n) is 3.50. The number of nitrogens with one attached hydrogen (secondary N) is 1. The van der Waals surface area contributed by atoms with Gasteiger partial charge in [0.1, 0.15) is 5.82 Å². The molecule has 0 amide bonds. The summed E-state index contributed by atoms with van der Waals surface area (Å²) in [5.74, 6) is -0.181. The van der Waals surface area contributed by atoms with Crippen molar-refractivity contribution in [3.05, 3.63) is 35.8 Å². The Kier molecular flexibility index (Phi) is 1.22. The van der Waals surface area contributed by atoms with Gasteiger partial charge in [-0.3, -0.25) is 0 Å². The molecule has 0 spiro atoms. The summed E-state index contributed by atoms with van der Waals surface area (Å²) in [6, 6.07) is 5.62. The fourth-order valence-corrected chi connectivity index (χ4v) is 1.20. The van der Waals surface area contributed by atoms with Crippen molar-refractivity contribution in [1.82, 2.24) is 4.98 Å². The molecule has 0 bridgehead atoms. The molecule has 11 heavy (non-hydrogen) atoms. The number of hydrogen-bond acceptors (Lipinski definition) is 0. The van der Waals surface area contributed by atoms with Gasteiger partial charge in [0.25, 0.3) is 0 Å². The van der Waals surface area contributed by atoms with Gasteiger partial charge >= 0.3 is 0 Å². The predicted molar refractivity (Wildman–Crippen MR) is 43.0 cm³/mol. The van der Waals surface area contributed by atoms with Crippen LogP contribution in [0.5, 0.6) is 0 Å². The minimum atomic E-state index is -0.181. The smallest absolute Gasteiger partial charge is 0.148 e. The lowest BCUT2D eigenvalue weighted by Crippen LogP contribution is -1.72. The SMILES string of the molecule is Cc1ccc2c(F)c[nH]c2c1.